The van der Waals surface area contributed by atoms with Crippen LogP contribution in [-0.2, 0) is 6.42 Å². The number of hydrogen-bond donors (Lipinski definition) is 4. The molecule has 2 rings (SSSR count). The number of anilines is 1. The summed E-state index contributed by atoms with van der Waals surface area (Å²) in [5.41, 5.74) is 12.7. The molecule has 0 fully saturated rings. The Balaban J connectivity index is 1.81. The molecule has 0 aliphatic heterocycles. The van der Waals surface area contributed by atoms with Gasteiger partial charge in [-0.25, -0.2) is 0 Å². The van der Waals surface area contributed by atoms with Crippen LogP contribution in [0.5, 0.6) is 5.75 Å². The summed E-state index contributed by atoms with van der Waals surface area (Å²) in [5, 5.41) is 13.6. The van der Waals surface area contributed by atoms with Crippen molar-refractivity contribution in [1.82, 2.24) is 5.32 Å². The predicted molar refractivity (Wildman–Crippen MR) is 108 cm³/mol. The lowest BCUT2D eigenvalue weighted by Gasteiger charge is -2.28. The number of rotatable bonds is 10. The lowest BCUT2D eigenvalue weighted by Crippen LogP contribution is -2.45. The van der Waals surface area contributed by atoms with Crippen LogP contribution in [0.15, 0.2) is 48.5 Å². The molecule has 0 radical (unpaired) electrons. The first kappa shape index (κ1) is 20.7. The highest BCUT2D eigenvalue weighted by Gasteiger charge is 2.19. The molecule has 2 aromatic carbocycles. The van der Waals surface area contributed by atoms with Crippen molar-refractivity contribution in [2.24, 2.45) is 5.73 Å². The van der Waals surface area contributed by atoms with Crippen molar-refractivity contribution in [1.29, 1.82) is 0 Å². The highest BCUT2D eigenvalue weighted by Crippen LogP contribution is 2.24. The first-order valence-electron chi connectivity index (χ1n) is 9.06. The second-order valence-corrected chi connectivity index (χ2v) is 7.30. The zero-order chi connectivity index (χ0) is 19.9. The van der Waals surface area contributed by atoms with Gasteiger partial charge in [0.25, 0.3) is 5.91 Å². The number of nitrogens with two attached hydrogens (primary N) is 2. The van der Waals surface area contributed by atoms with Gasteiger partial charge in [0.05, 0.1) is 0 Å². The van der Waals surface area contributed by atoms with E-state index in [0.29, 0.717) is 6.54 Å². The van der Waals surface area contributed by atoms with Crippen LogP contribution in [0.3, 0.4) is 0 Å². The van der Waals surface area contributed by atoms with E-state index in [2.05, 4.69) is 31.3 Å². The van der Waals surface area contributed by atoms with Crippen molar-refractivity contribution in [2.75, 3.05) is 18.9 Å². The van der Waals surface area contributed by atoms with Crippen molar-refractivity contribution >= 4 is 11.6 Å². The van der Waals surface area contributed by atoms with E-state index in [9.17, 15) is 9.90 Å². The Morgan fingerprint density at radius 2 is 1.89 bits per heavy atom. The molecule has 0 saturated carbocycles. The second kappa shape index (κ2) is 9.39. The minimum atomic E-state index is -0.733. The van der Waals surface area contributed by atoms with E-state index in [0.717, 1.165) is 12.8 Å². The number of amides is 1. The molecule has 1 unspecified atom stereocenters. The first-order chi connectivity index (χ1) is 12.8. The number of aliphatic hydroxyl groups is 1. The molecule has 0 aliphatic rings. The molecular formula is C21H29N3O3. The highest BCUT2D eigenvalue weighted by atomic mass is 16.5. The third kappa shape index (κ3) is 6.58. The van der Waals surface area contributed by atoms with Crippen molar-refractivity contribution < 1.29 is 14.6 Å². The maximum atomic E-state index is 11.5. The fraction of sp³-hybridized carbons (Fsp3) is 0.381. The predicted octanol–water partition coefficient (Wildman–Crippen LogP) is 2.11. The average Bonchev–Trinajstić information content (AvgIpc) is 2.64. The molecule has 6 nitrogen and oxygen atoms in total. The number of carbonyl (C=O) groups is 1. The third-order valence-electron chi connectivity index (χ3n) is 4.43. The lowest BCUT2D eigenvalue weighted by atomic mass is 9.95. The number of hydrogen-bond acceptors (Lipinski definition) is 5. The maximum absolute atomic E-state index is 11.5. The fourth-order valence-corrected chi connectivity index (χ4v) is 2.76. The zero-order valence-electron chi connectivity index (χ0n) is 15.9. The molecule has 6 N–H and O–H groups in total. The highest BCUT2D eigenvalue weighted by molar-refractivity contribution is 6.00. The van der Waals surface area contributed by atoms with E-state index in [1.165, 1.54) is 5.56 Å². The number of benzene rings is 2. The van der Waals surface area contributed by atoms with Gasteiger partial charge >= 0.3 is 0 Å². The van der Waals surface area contributed by atoms with Crippen molar-refractivity contribution in [2.45, 2.75) is 38.3 Å². The van der Waals surface area contributed by atoms with Gasteiger partial charge in [-0.05, 0) is 44.4 Å². The number of ether oxygens (including phenoxy) is 1. The van der Waals surface area contributed by atoms with Crippen LogP contribution >= 0.6 is 0 Å². The van der Waals surface area contributed by atoms with Gasteiger partial charge < -0.3 is 26.6 Å². The van der Waals surface area contributed by atoms with E-state index >= 15 is 0 Å². The number of aryl methyl sites for hydroxylation is 1. The molecule has 0 bridgehead atoms. The van der Waals surface area contributed by atoms with E-state index in [1.54, 1.807) is 18.2 Å². The summed E-state index contributed by atoms with van der Waals surface area (Å²) < 4.78 is 5.56. The number of nitrogens with one attached hydrogen (secondary N) is 1. The molecule has 0 spiro atoms. The smallest absolute Gasteiger partial charge is 0.254 e. The van der Waals surface area contributed by atoms with Gasteiger partial charge in [-0.15, -0.1) is 0 Å². The topological polar surface area (TPSA) is 111 Å². The van der Waals surface area contributed by atoms with Gasteiger partial charge in [0.2, 0.25) is 0 Å². The van der Waals surface area contributed by atoms with Crippen LogP contribution in [0.1, 0.15) is 36.2 Å². The molecule has 27 heavy (non-hydrogen) atoms. The molecule has 146 valence electrons. The van der Waals surface area contributed by atoms with Crippen LogP contribution in [0.2, 0.25) is 0 Å². The Bertz CT molecular complexity index is 748. The summed E-state index contributed by atoms with van der Waals surface area (Å²) in [7, 11) is 0. The van der Waals surface area contributed by atoms with E-state index in [4.69, 9.17) is 16.2 Å². The Hall–Kier alpha value is -2.57. The number of primary amides is 1. The van der Waals surface area contributed by atoms with Crippen LogP contribution in [0.25, 0.3) is 0 Å². The summed E-state index contributed by atoms with van der Waals surface area (Å²) >= 11 is 0. The van der Waals surface area contributed by atoms with Gasteiger partial charge in [0.1, 0.15) is 24.0 Å². The molecule has 1 amide bonds. The van der Waals surface area contributed by atoms with Gasteiger partial charge in [-0.2, -0.15) is 0 Å². The lowest BCUT2D eigenvalue weighted by molar-refractivity contribution is 0.0935. The zero-order valence-corrected chi connectivity index (χ0v) is 15.9. The van der Waals surface area contributed by atoms with Crippen LogP contribution in [0.4, 0.5) is 5.69 Å². The van der Waals surface area contributed by atoms with Gasteiger partial charge in [-0.3, -0.25) is 4.79 Å². The number of β-amino-alcohol motifs (C(OH)–C–C–N with tert-alkyl or cyclic N) is 1. The molecular weight excluding hydrogens is 342 g/mol. The number of carbonyl (C=O) groups excluding carboxylic acids is 1. The molecule has 0 saturated heterocycles. The minimum absolute atomic E-state index is 0.0332. The van der Waals surface area contributed by atoms with E-state index < -0.39 is 12.0 Å². The van der Waals surface area contributed by atoms with E-state index in [-0.39, 0.29) is 29.1 Å². The molecule has 2 aromatic rings. The summed E-state index contributed by atoms with van der Waals surface area (Å²) in [6, 6.07) is 15.2. The molecule has 0 aliphatic carbocycles. The quantitative estimate of drug-likeness (QED) is 0.478. The fourth-order valence-electron chi connectivity index (χ4n) is 2.76. The standard InChI is InChI=1S/C21H29N3O3/c1-21(2,12-11-15-7-4-3-5-8-15)24-13-16(25)14-27-18-10-6-9-17(22)19(18)20(23)26/h3-10,16,24-25H,11-14,22H2,1-2H3,(H2,23,26). The van der Waals surface area contributed by atoms with Crippen molar-refractivity contribution in [3.05, 3.63) is 59.7 Å². The molecule has 6 heteroatoms. The first-order valence-corrected chi connectivity index (χ1v) is 9.06. The second-order valence-electron chi connectivity index (χ2n) is 7.30. The maximum Gasteiger partial charge on any atom is 0.254 e. The van der Waals surface area contributed by atoms with Gasteiger partial charge in [-0.1, -0.05) is 36.4 Å². The minimum Gasteiger partial charge on any atom is -0.490 e. The monoisotopic (exact) mass is 371 g/mol. The van der Waals surface area contributed by atoms with Gasteiger partial charge in [0.15, 0.2) is 0 Å². The molecule has 0 heterocycles. The molecule has 1 atom stereocenters. The summed E-state index contributed by atoms with van der Waals surface area (Å²) in [6.45, 7) is 4.61. The average molecular weight is 371 g/mol. The Kier molecular flexibility index (Phi) is 7.21. The summed E-state index contributed by atoms with van der Waals surface area (Å²) in [6.07, 6.45) is 1.16. The summed E-state index contributed by atoms with van der Waals surface area (Å²) in [5.74, 6) is -0.373. The third-order valence-corrected chi connectivity index (χ3v) is 4.43. The number of nitrogen functional groups attached to an aromatic ring is 1. The van der Waals surface area contributed by atoms with Crippen LogP contribution < -0.4 is 21.5 Å². The largest absolute Gasteiger partial charge is 0.490 e. The Morgan fingerprint density at radius 1 is 1.19 bits per heavy atom. The van der Waals surface area contributed by atoms with Crippen molar-refractivity contribution in [3.8, 4) is 5.75 Å². The molecule has 0 aromatic heterocycles. The van der Waals surface area contributed by atoms with Gasteiger partial charge in [0, 0.05) is 17.8 Å². The van der Waals surface area contributed by atoms with Crippen molar-refractivity contribution in [3.63, 3.8) is 0 Å². The normalized spacial score (nSPS) is 12.6. The van der Waals surface area contributed by atoms with Crippen LogP contribution in [-0.4, -0.2) is 35.8 Å². The number of aliphatic hydroxyl groups excluding tert-OH is 1. The SMILES string of the molecule is CC(C)(CCc1ccccc1)NCC(O)COc1cccc(N)c1C(N)=O. The van der Waals surface area contributed by atoms with E-state index in [1.807, 2.05) is 18.2 Å². The van der Waals surface area contributed by atoms with Crippen LogP contribution in [0, 0.1) is 0 Å². The Morgan fingerprint density at radius 3 is 2.56 bits per heavy atom. The Labute approximate surface area is 160 Å². The summed E-state index contributed by atoms with van der Waals surface area (Å²) in [4.78, 5) is 11.5.